The van der Waals surface area contributed by atoms with Crippen molar-refractivity contribution in [1.29, 1.82) is 0 Å². The zero-order valence-electron chi connectivity index (χ0n) is 8.96. The molecule has 0 aromatic rings. The van der Waals surface area contributed by atoms with Crippen molar-refractivity contribution in [3.8, 4) is 0 Å². The third kappa shape index (κ3) is 3.64. The molecule has 1 saturated heterocycles. The lowest BCUT2D eigenvalue weighted by molar-refractivity contribution is -0.187. The van der Waals surface area contributed by atoms with Crippen LogP contribution in [0, 0.1) is 0 Å². The monoisotopic (exact) mass is 239 g/mol. The Hall–Kier alpha value is -0.820. The molecule has 0 unspecified atom stereocenters. The molecule has 1 aliphatic rings. The molecule has 1 rings (SSSR count). The van der Waals surface area contributed by atoms with E-state index in [2.05, 4.69) is 0 Å². The van der Waals surface area contributed by atoms with Crippen molar-refractivity contribution in [3.63, 3.8) is 0 Å². The van der Waals surface area contributed by atoms with Crippen LogP contribution in [0.4, 0.5) is 13.2 Å². The minimum atomic E-state index is -4.75. The zero-order chi connectivity index (χ0) is 12.2. The first-order valence-corrected chi connectivity index (χ1v) is 5.23. The number of halogens is 3. The van der Waals surface area contributed by atoms with Crippen LogP contribution in [0.1, 0.15) is 6.42 Å². The smallest absolute Gasteiger partial charge is 0.332 e. The maximum Gasteiger partial charge on any atom is 0.471 e. The number of nitrogens with zero attached hydrogens (tertiary/aromatic N) is 2. The lowest BCUT2D eigenvalue weighted by Gasteiger charge is -2.34. The predicted molar refractivity (Wildman–Crippen MR) is 52.7 cm³/mol. The number of hydrogen-bond acceptors (Lipinski definition) is 3. The van der Waals surface area contributed by atoms with Crippen LogP contribution in [0.15, 0.2) is 0 Å². The van der Waals surface area contributed by atoms with Gasteiger partial charge in [0.05, 0.1) is 0 Å². The van der Waals surface area contributed by atoms with Gasteiger partial charge in [-0.05, 0) is 19.5 Å². The average Bonchev–Trinajstić information content (AvgIpc) is 2.25. The van der Waals surface area contributed by atoms with Gasteiger partial charge in [0.2, 0.25) is 0 Å². The van der Waals surface area contributed by atoms with Crippen LogP contribution in [0.25, 0.3) is 0 Å². The lowest BCUT2D eigenvalue weighted by atomic mass is 10.3. The van der Waals surface area contributed by atoms with Crippen LogP contribution >= 0.6 is 0 Å². The van der Waals surface area contributed by atoms with Crippen molar-refractivity contribution in [1.82, 2.24) is 9.80 Å². The highest BCUT2D eigenvalue weighted by Gasteiger charge is 2.42. The molecule has 0 bridgehead atoms. The number of carbonyl (C=O) groups is 1. The van der Waals surface area contributed by atoms with Crippen LogP contribution in [0.5, 0.6) is 0 Å². The molecule has 7 heteroatoms. The van der Waals surface area contributed by atoms with E-state index in [1.807, 2.05) is 4.90 Å². The third-order valence-corrected chi connectivity index (χ3v) is 2.58. The summed E-state index contributed by atoms with van der Waals surface area (Å²) in [5, 5.41) is 0. The Morgan fingerprint density at radius 2 is 1.75 bits per heavy atom. The first-order valence-electron chi connectivity index (χ1n) is 5.23. The van der Waals surface area contributed by atoms with Crippen LogP contribution in [-0.2, 0) is 4.79 Å². The molecule has 0 radical (unpaired) electrons. The van der Waals surface area contributed by atoms with Gasteiger partial charge in [-0.3, -0.25) is 9.69 Å². The van der Waals surface area contributed by atoms with Gasteiger partial charge in [-0.1, -0.05) is 0 Å². The number of hydrogen-bond donors (Lipinski definition) is 1. The first kappa shape index (κ1) is 13.2. The highest BCUT2D eigenvalue weighted by atomic mass is 19.4. The van der Waals surface area contributed by atoms with Crippen molar-refractivity contribution in [2.24, 2.45) is 5.73 Å². The summed E-state index contributed by atoms with van der Waals surface area (Å²) in [4.78, 5) is 13.8. The van der Waals surface area contributed by atoms with E-state index in [1.54, 1.807) is 0 Å². The second-order valence-electron chi connectivity index (χ2n) is 3.77. The molecule has 1 amide bonds. The summed E-state index contributed by atoms with van der Waals surface area (Å²) in [5.41, 5.74) is 5.34. The fourth-order valence-corrected chi connectivity index (χ4v) is 1.67. The summed E-state index contributed by atoms with van der Waals surface area (Å²) in [6.07, 6.45) is -3.92. The molecule has 4 nitrogen and oxygen atoms in total. The minimum absolute atomic E-state index is 0.142. The molecule has 1 fully saturated rings. The molecule has 0 atom stereocenters. The second kappa shape index (κ2) is 5.49. The van der Waals surface area contributed by atoms with Crippen molar-refractivity contribution in [3.05, 3.63) is 0 Å². The van der Waals surface area contributed by atoms with E-state index < -0.39 is 12.1 Å². The fraction of sp³-hybridized carbons (Fsp3) is 0.889. The zero-order valence-corrected chi connectivity index (χ0v) is 8.96. The molecule has 1 heterocycles. The predicted octanol–water partition coefficient (Wildman–Crippen LogP) is 0.0417. The number of rotatable bonds is 3. The molecular formula is C9H16F3N3O. The summed E-state index contributed by atoms with van der Waals surface area (Å²) < 4.78 is 36.3. The average molecular weight is 239 g/mol. The molecule has 0 spiro atoms. The quantitative estimate of drug-likeness (QED) is 0.756. The highest BCUT2D eigenvalue weighted by molar-refractivity contribution is 5.81. The van der Waals surface area contributed by atoms with Gasteiger partial charge in [0, 0.05) is 26.2 Å². The van der Waals surface area contributed by atoms with Crippen molar-refractivity contribution in [2.75, 3.05) is 39.3 Å². The molecule has 1 aliphatic heterocycles. The van der Waals surface area contributed by atoms with E-state index in [1.165, 1.54) is 0 Å². The molecule has 2 N–H and O–H groups in total. The standard InChI is InChI=1S/C9H16F3N3O/c10-9(11,12)8(16)15-6-4-14(5-7-15)3-1-2-13/h1-7,13H2. The van der Waals surface area contributed by atoms with Gasteiger partial charge in [-0.25, -0.2) is 0 Å². The van der Waals surface area contributed by atoms with Gasteiger partial charge in [0.1, 0.15) is 0 Å². The van der Waals surface area contributed by atoms with Gasteiger partial charge in [0.25, 0.3) is 0 Å². The normalized spacial score (nSPS) is 18.9. The van der Waals surface area contributed by atoms with E-state index in [0.29, 0.717) is 19.6 Å². The van der Waals surface area contributed by atoms with Gasteiger partial charge in [-0.2, -0.15) is 13.2 Å². The Labute approximate surface area is 92.2 Å². The topological polar surface area (TPSA) is 49.6 Å². The molecular weight excluding hydrogens is 223 g/mol. The SMILES string of the molecule is NCCCN1CCN(C(=O)C(F)(F)F)CC1. The number of carbonyl (C=O) groups excluding carboxylic acids is 1. The van der Waals surface area contributed by atoms with E-state index in [4.69, 9.17) is 5.73 Å². The van der Waals surface area contributed by atoms with Crippen LogP contribution in [0.3, 0.4) is 0 Å². The molecule has 94 valence electrons. The molecule has 16 heavy (non-hydrogen) atoms. The summed E-state index contributed by atoms with van der Waals surface area (Å²) in [5.74, 6) is -1.73. The van der Waals surface area contributed by atoms with E-state index in [-0.39, 0.29) is 13.1 Å². The molecule has 0 saturated carbocycles. The summed E-state index contributed by atoms with van der Waals surface area (Å²) in [7, 11) is 0. The largest absolute Gasteiger partial charge is 0.471 e. The lowest BCUT2D eigenvalue weighted by Crippen LogP contribution is -2.52. The maximum absolute atomic E-state index is 12.1. The fourth-order valence-electron chi connectivity index (χ4n) is 1.67. The van der Waals surface area contributed by atoms with Gasteiger partial charge >= 0.3 is 12.1 Å². The molecule has 0 aromatic carbocycles. The summed E-state index contributed by atoms with van der Waals surface area (Å²) in [6, 6.07) is 0. The van der Waals surface area contributed by atoms with Gasteiger partial charge in [0.15, 0.2) is 0 Å². The first-order chi connectivity index (χ1) is 7.45. The Morgan fingerprint density at radius 1 is 1.19 bits per heavy atom. The number of amides is 1. The van der Waals surface area contributed by atoms with Crippen LogP contribution in [-0.4, -0.2) is 61.2 Å². The number of alkyl halides is 3. The number of piperazine rings is 1. The van der Waals surface area contributed by atoms with Gasteiger partial charge in [-0.15, -0.1) is 0 Å². The van der Waals surface area contributed by atoms with E-state index in [9.17, 15) is 18.0 Å². The Kier molecular flexibility index (Phi) is 4.55. The third-order valence-electron chi connectivity index (χ3n) is 2.58. The summed E-state index contributed by atoms with van der Waals surface area (Å²) >= 11 is 0. The minimum Gasteiger partial charge on any atom is -0.332 e. The van der Waals surface area contributed by atoms with E-state index in [0.717, 1.165) is 17.9 Å². The molecule has 0 aliphatic carbocycles. The highest BCUT2D eigenvalue weighted by Crippen LogP contribution is 2.19. The van der Waals surface area contributed by atoms with Crippen LogP contribution in [0.2, 0.25) is 0 Å². The Morgan fingerprint density at radius 3 is 2.19 bits per heavy atom. The van der Waals surface area contributed by atoms with E-state index >= 15 is 0 Å². The second-order valence-corrected chi connectivity index (χ2v) is 3.77. The number of nitrogens with two attached hydrogens (primary N) is 1. The van der Waals surface area contributed by atoms with Crippen molar-refractivity contribution < 1.29 is 18.0 Å². The Bertz CT molecular complexity index is 237. The molecule has 0 aromatic heterocycles. The van der Waals surface area contributed by atoms with Crippen molar-refractivity contribution >= 4 is 5.91 Å². The van der Waals surface area contributed by atoms with Gasteiger partial charge < -0.3 is 10.6 Å². The summed E-state index contributed by atoms with van der Waals surface area (Å²) in [6.45, 7) is 2.61. The Balaban J connectivity index is 2.34. The van der Waals surface area contributed by atoms with Crippen molar-refractivity contribution in [2.45, 2.75) is 12.6 Å². The maximum atomic E-state index is 12.1. The van der Waals surface area contributed by atoms with Crippen LogP contribution < -0.4 is 5.73 Å².